The number of anilines is 1. The van der Waals surface area contributed by atoms with E-state index in [-0.39, 0.29) is 30.1 Å². The molecule has 2 aliphatic heterocycles. The molecule has 0 unspecified atom stereocenters. The van der Waals surface area contributed by atoms with E-state index in [0.29, 0.717) is 19.6 Å². The highest BCUT2D eigenvalue weighted by atomic mass is 16.4. The first-order valence-electron chi connectivity index (χ1n) is 8.76. The van der Waals surface area contributed by atoms with Gasteiger partial charge in [-0.25, -0.2) is 0 Å². The highest BCUT2D eigenvalue weighted by Gasteiger charge is 2.42. The summed E-state index contributed by atoms with van der Waals surface area (Å²) in [7, 11) is 0. The van der Waals surface area contributed by atoms with E-state index in [2.05, 4.69) is 6.07 Å². The van der Waals surface area contributed by atoms with E-state index in [1.165, 1.54) is 5.56 Å². The van der Waals surface area contributed by atoms with Crippen LogP contribution in [0, 0.1) is 5.41 Å². The van der Waals surface area contributed by atoms with Crippen molar-refractivity contribution in [3.05, 3.63) is 29.8 Å². The first-order valence-corrected chi connectivity index (χ1v) is 8.76. The van der Waals surface area contributed by atoms with Crippen molar-refractivity contribution in [2.24, 2.45) is 5.41 Å². The largest absolute Gasteiger partial charge is 0.481 e. The highest BCUT2D eigenvalue weighted by Crippen LogP contribution is 2.43. The molecule has 6 nitrogen and oxygen atoms in total. The third kappa shape index (κ3) is 3.67. The topological polar surface area (TPSA) is 77.9 Å². The van der Waals surface area contributed by atoms with Gasteiger partial charge >= 0.3 is 5.97 Å². The number of carboxylic acid groups (broad SMARTS) is 1. The molecular formula is C19H24N2O4. The van der Waals surface area contributed by atoms with Crippen LogP contribution in [0.5, 0.6) is 0 Å². The maximum Gasteiger partial charge on any atom is 0.303 e. The first kappa shape index (κ1) is 17.5. The Morgan fingerprint density at radius 3 is 2.44 bits per heavy atom. The second kappa shape index (κ2) is 6.86. The zero-order valence-corrected chi connectivity index (χ0v) is 14.5. The summed E-state index contributed by atoms with van der Waals surface area (Å²) < 4.78 is 0. The van der Waals surface area contributed by atoms with Crippen molar-refractivity contribution in [2.75, 3.05) is 24.5 Å². The minimum atomic E-state index is -0.942. The Labute approximate surface area is 147 Å². The van der Waals surface area contributed by atoms with Gasteiger partial charge in [-0.15, -0.1) is 0 Å². The molecule has 2 amide bonds. The molecule has 6 heteroatoms. The normalized spacial score (nSPS) is 18.8. The lowest BCUT2D eigenvalue weighted by molar-refractivity contribution is -0.141. The molecule has 134 valence electrons. The Kier molecular flexibility index (Phi) is 4.79. The number of nitrogens with zero attached hydrogens (tertiary/aromatic N) is 2. The van der Waals surface area contributed by atoms with Crippen LogP contribution in [0.15, 0.2) is 24.3 Å². The van der Waals surface area contributed by atoms with Crippen molar-refractivity contribution in [2.45, 2.75) is 39.0 Å². The predicted octanol–water partition coefficient (Wildman–Crippen LogP) is 2.07. The number of likely N-dealkylation sites (tertiary alicyclic amines) is 1. The number of para-hydroxylation sites is 1. The molecule has 0 aromatic heterocycles. The molecule has 1 spiro atoms. The van der Waals surface area contributed by atoms with Gasteiger partial charge in [0.05, 0.1) is 6.42 Å². The smallest absolute Gasteiger partial charge is 0.303 e. The number of rotatable bonds is 3. The lowest BCUT2D eigenvalue weighted by Crippen LogP contribution is -2.52. The summed E-state index contributed by atoms with van der Waals surface area (Å²) in [4.78, 5) is 38.5. The molecule has 25 heavy (non-hydrogen) atoms. The maximum atomic E-state index is 12.1. The number of amides is 2. The molecule has 0 aliphatic carbocycles. The van der Waals surface area contributed by atoms with Crippen LogP contribution in [0.1, 0.15) is 38.2 Å². The first-order chi connectivity index (χ1) is 11.9. The summed E-state index contributed by atoms with van der Waals surface area (Å²) in [5.74, 6) is -0.980. The van der Waals surface area contributed by atoms with Crippen LogP contribution < -0.4 is 4.90 Å². The Bertz CT molecular complexity index is 692. The van der Waals surface area contributed by atoms with E-state index in [0.717, 1.165) is 24.9 Å². The Morgan fingerprint density at radius 2 is 1.80 bits per heavy atom. The van der Waals surface area contributed by atoms with Gasteiger partial charge in [0.15, 0.2) is 0 Å². The lowest BCUT2D eigenvalue weighted by atomic mass is 9.71. The van der Waals surface area contributed by atoms with Crippen LogP contribution in [-0.2, 0) is 20.8 Å². The van der Waals surface area contributed by atoms with Crippen LogP contribution in [-0.4, -0.2) is 47.4 Å². The highest BCUT2D eigenvalue weighted by molar-refractivity contribution is 5.93. The number of carboxylic acids is 1. The number of piperidine rings is 1. The third-order valence-corrected chi connectivity index (χ3v) is 5.45. The number of aliphatic carboxylic acids is 1. The van der Waals surface area contributed by atoms with Gasteiger partial charge in [-0.3, -0.25) is 14.4 Å². The van der Waals surface area contributed by atoms with E-state index in [4.69, 9.17) is 5.11 Å². The molecule has 1 aromatic rings. The molecular weight excluding hydrogens is 320 g/mol. The van der Waals surface area contributed by atoms with E-state index in [9.17, 15) is 14.4 Å². The van der Waals surface area contributed by atoms with Crippen molar-refractivity contribution < 1.29 is 19.5 Å². The van der Waals surface area contributed by atoms with Crippen LogP contribution in [0.2, 0.25) is 0 Å². The zero-order chi connectivity index (χ0) is 18.0. The number of carbonyl (C=O) groups excluding carboxylic acids is 2. The van der Waals surface area contributed by atoms with Gasteiger partial charge in [0, 0.05) is 38.7 Å². The van der Waals surface area contributed by atoms with Gasteiger partial charge in [0.2, 0.25) is 11.8 Å². The summed E-state index contributed by atoms with van der Waals surface area (Å²) in [6, 6.07) is 8.03. The van der Waals surface area contributed by atoms with Crippen molar-refractivity contribution in [1.29, 1.82) is 0 Å². The Hall–Kier alpha value is -2.37. The fourth-order valence-electron chi connectivity index (χ4n) is 4.02. The third-order valence-electron chi connectivity index (χ3n) is 5.45. The van der Waals surface area contributed by atoms with Gasteiger partial charge in [-0.1, -0.05) is 18.2 Å². The Morgan fingerprint density at radius 1 is 1.12 bits per heavy atom. The molecule has 1 saturated heterocycles. The molecule has 2 aliphatic rings. The van der Waals surface area contributed by atoms with Crippen LogP contribution in [0.4, 0.5) is 5.69 Å². The monoisotopic (exact) mass is 344 g/mol. The minimum absolute atomic E-state index is 0.00357. The fourth-order valence-corrected chi connectivity index (χ4v) is 4.02. The summed E-state index contributed by atoms with van der Waals surface area (Å²) >= 11 is 0. The van der Waals surface area contributed by atoms with Gasteiger partial charge in [-0.05, 0) is 36.3 Å². The van der Waals surface area contributed by atoms with Crippen LogP contribution in [0.25, 0.3) is 0 Å². The molecule has 1 N–H and O–H groups in total. The quantitative estimate of drug-likeness (QED) is 0.910. The molecule has 0 atom stereocenters. The van der Waals surface area contributed by atoms with Crippen LogP contribution >= 0.6 is 0 Å². The van der Waals surface area contributed by atoms with Crippen molar-refractivity contribution in [3.8, 4) is 0 Å². The molecule has 1 fully saturated rings. The van der Waals surface area contributed by atoms with Crippen LogP contribution in [0.3, 0.4) is 0 Å². The zero-order valence-electron chi connectivity index (χ0n) is 14.5. The van der Waals surface area contributed by atoms with E-state index in [1.54, 1.807) is 11.8 Å². The average Bonchev–Trinajstić information content (AvgIpc) is 2.59. The molecule has 0 radical (unpaired) electrons. The summed E-state index contributed by atoms with van der Waals surface area (Å²) in [5.41, 5.74) is 2.19. The van der Waals surface area contributed by atoms with Crippen molar-refractivity contribution >= 4 is 23.5 Å². The van der Waals surface area contributed by atoms with Gasteiger partial charge in [0.1, 0.15) is 0 Å². The van der Waals surface area contributed by atoms with E-state index >= 15 is 0 Å². The predicted molar refractivity (Wildman–Crippen MR) is 93.3 cm³/mol. The second-order valence-corrected chi connectivity index (χ2v) is 7.19. The van der Waals surface area contributed by atoms with Crippen molar-refractivity contribution in [3.63, 3.8) is 0 Å². The molecule has 3 rings (SSSR count). The number of benzene rings is 1. The minimum Gasteiger partial charge on any atom is -0.481 e. The van der Waals surface area contributed by atoms with Gasteiger partial charge in [0.25, 0.3) is 0 Å². The fraction of sp³-hybridized carbons (Fsp3) is 0.526. The summed E-state index contributed by atoms with van der Waals surface area (Å²) in [6.45, 7) is 3.55. The number of hydrogen-bond donors (Lipinski definition) is 1. The van der Waals surface area contributed by atoms with E-state index in [1.807, 2.05) is 23.1 Å². The van der Waals surface area contributed by atoms with Crippen molar-refractivity contribution in [1.82, 2.24) is 4.90 Å². The lowest BCUT2D eigenvalue weighted by Gasteiger charge is -2.48. The average molecular weight is 344 g/mol. The standard InChI is InChI=1S/C19H24N2O4/c1-14(22)21-13-19(12-15-4-2-3-5-16(15)21)8-10-20(11-9-19)17(23)6-7-18(24)25/h2-5H,6-13H2,1H3,(H,24,25). The van der Waals surface area contributed by atoms with E-state index < -0.39 is 5.97 Å². The number of fused-ring (bicyclic) bond motifs is 1. The van der Waals surface area contributed by atoms with Gasteiger partial charge in [-0.2, -0.15) is 0 Å². The number of carbonyl (C=O) groups is 3. The molecule has 0 bridgehead atoms. The molecule has 1 aromatic carbocycles. The summed E-state index contributed by atoms with van der Waals surface area (Å²) in [6.07, 6.45) is 2.54. The second-order valence-electron chi connectivity index (χ2n) is 7.19. The SMILES string of the molecule is CC(=O)N1CC2(CCN(C(=O)CCC(=O)O)CC2)Cc2ccccc21. The van der Waals surface area contributed by atoms with Gasteiger partial charge < -0.3 is 14.9 Å². The molecule has 2 heterocycles. The Balaban J connectivity index is 1.70. The summed E-state index contributed by atoms with van der Waals surface area (Å²) in [5, 5.41) is 8.73. The maximum absolute atomic E-state index is 12.1. The molecule has 0 saturated carbocycles. The number of hydrogen-bond acceptors (Lipinski definition) is 3.